The molecule has 2 aliphatic heterocycles. The minimum absolute atomic E-state index is 0.0996. The SMILES string of the molecule is COc1nc(N)nc2c1ncn2[C@@H]1O[C@H](CO[P@](=O)(N[C@H](C)C(=O)OC(C)C)SCC2C(=O)N(C)C(=O)N2C)[C@@H](O)[C@H]1O. The molecule has 0 aromatic carbocycles. The average Bonchev–Trinajstić information content (AvgIpc) is 3.55. The number of carbonyl (C=O) groups excluding carboxylic acids is 3. The van der Waals surface area contributed by atoms with Crippen LogP contribution in [0, 0.1) is 0 Å². The van der Waals surface area contributed by atoms with Gasteiger partial charge in [-0.05, 0) is 20.8 Å². The van der Waals surface area contributed by atoms with E-state index in [0.717, 1.165) is 4.90 Å². The monoisotopic (exact) mass is 646 g/mol. The van der Waals surface area contributed by atoms with E-state index < -0.39 is 74.0 Å². The van der Waals surface area contributed by atoms with Crippen LogP contribution in [-0.4, -0.2) is 128 Å². The van der Waals surface area contributed by atoms with E-state index in [9.17, 15) is 29.2 Å². The zero-order chi connectivity index (χ0) is 31.8. The number of nitrogen functional groups attached to an aromatic ring is 1. The number of urea groups is 1. The highest BCUT2D eigenvalue weighted by Gasteiger charge is 2.47. The number of carbonyl (C=O) groups is 3. The largest absolute Gasteiger partial charge is 0.479 e. The van der Waals surface area contributed by atoms with E-state index >= 15 is 0 Å². The molecule has 43 heavy (non-hydrogen) atoms. The van der Waals surface area contributed by atoms with Gasteiger partial charge in [-0.15, -0.1) is 0 Å². The second-order valence-corrected chi connectivity index (χ2v) is 14.5. The van der Waals surface area contributed by atoms with Crippen LogP contribution in [0.2, 0.25) is 0 Å². The lowest BCUT2D eigenvalue weighted by molar-refractivity contribution is -0.149. The van der Waals surface area contributed by atoms with Crippen molar-refractivity contribution < 1.29 is 47.9 Å². The highest BCUT2D eigenvalue weighted by atomic mass is 32.7. The van der Waals surface area contributed by atoms with Gasteiger partial charge in [0.25, 0.3) is 5.91 Å². The molecule has 2 aromatic heterocycles. The molecule has 4 heterocycles. The topological polar surface area (TPSA) is 234 Å². The van der Waals surface area contributed by atoms with Crippen molar-refractivity contribution in [2.75, 3.05) is 39.3 Å². The van der Waals surface area contributed by atoms with Gasteiger partial charge in [-0.25, -0.2) is 14.9 Å². The number of amides is 3. The summed E-state index contributed by atoms with van der Waals surface area (Å²) in [5.74, 6) is -1.34. The number of rotatable bonds is 12. The fourth-order valence-corrected chi connectivity index (χ4v) is 8.41. The average molecular weight is 647 g/mol. The molecule has 0 spiro atoms. The molecule has 5 N–H and O–H groups in total. The molecule has 0 saturated carbocycles. The summed E-state index contributed by atoms with van der Waals surface area (Å²) in [6, 6.07) is -2.54. The number of nitrogens with two attached hydrogens (primary N) is 1. The second kappa shape index (κ2) is 12.9. The normalized spacial score (nSPS) is 26.4. The van der Waals surface area contributed by atoms with Crippen LogP contribution in [0.5, 0.6) is 5.88 Å². The molecule has 2 saturated heterocycles. The molecule has 2 fully saturated rings. The number of nitrogens with zero attached hydrogens (tertiary/aromatic N) is 6. The maximum absolute atomic E-state index is 14.0. The Labute approximate surface area is 250 Å². The van der Waals surface area contributed by atoms with Crippen molar-refractivity contribution in [2.24, 2.45) is 0 Å². The molecule has 2 aromatic rings. The van der Waals surface area contributed by atoms with Crippen molar-refractivity contribution in [2.45, 2.75) is 63.5 Å². The number of aromatic nitrogens is 4. The Morgan fingerprint density at radius 1 is 1.23 bits per heavy atom. The van der Waals surface area contributed by atoms with Crippen LogP contribution in [0.15, 0.2) is 6.33 Å². The number of anilines is 1. The Kier molecular flexibility index (Phi) is 9.85. The van der Waals surface area contributed by atoms with Crippen LogP contribution in [0.25, 0.3) is 11.2 Å². The van der Waals surface area contributed by atoms with Crippen molar-refractivity contribution >= 4 is 53.1 Å². The van der Waals surface area contributed by atoms with E-state index in [1.54, 1.807) is 13.8 Å². The quantitative estimate of drug-likeness (QED) is 0.132. The molecule has 238 valence electrons. The first kappa shape index (κ1) is 32.8. The van der Waals surface area contributed by atoms with Crippen molar-refractivity contribution in [1.29, 1.82) is 0 Å². The highest BCUT2D eigenvalue weighted by molar-refractivity contribution is 8.56. The molecule has 3 amide bonds. The number of fused-ring (bicyclic) bond motifs is 1. The van der Waals surface area contributed by atoms with Gasteiger partial charge in [0.05, 0.1) is 26.1 Å². The number of aliphatic hydroxyl groups excluding tert-OH is 2. The predicted molar refractivity (Wildman–Crippen MR) is 152 cm³/mol. The Hall–Kier alpha value is -3.06. The van der Waals surface area contributed by atoms with Crippen molar-refractivity contribution in [1.82, 2.24) is 34.4 Å². The van der Waals surface area contributed by atoms with Crippen LogP contribution in [0.3, 0.4) is 0 Å². The maximum atomic E-state index is 14.0. The number of esters is 1. The van der Waals surface area contributed by atoms with E-state index in [1.807, 2.05) is 0 Å². The minimum Gasteiger partial charge on any atom is -0.479 e. The number of methoxy groups -OCH3 is 1. The van der Waals surface area contributed by atoms with Gasteiger partial charge in [0, 0.05) is 19.8 Å². The Morgan fingerprint density at radius 2 is 1.93 bits per heavy atom. The molecule has 2 aliphatic rings. The first-order valence-electron chi connectivity index (χ1n) is 13.1. The Bertz CT molecular complexity index is 1430. The fourth-order valence-electron chi connectivity index (χ4n) is 4.44. The van der Waals surface area contributed by atoms with E-state index in [1.165, 1.54) is 43.9 Å². The van der Waals surface area contributed by atoms with Gasteiger partial charge < -0.3 is 39.6 Å². The molecule has 1 unspecified atom stereocenters. The number of ether oxygens (including phenoxy) is 3. The summed E-state index contributed by atoms with van der Waals surface area (Å²) in [7, 11) is 4.16. The number of hydrogen-bond acceptors (Lipinski definition) is 15. The third kappa shape index (κ3) is 6.72. The number of aliphatic hydroxyl groups is 2. The molecule has 7 atom stereocenters. The summed E-state index contributed by atoms with van der Waals surface area (Å²) in [6.07, 6.45) is -4.51. The van der Waals surface area contributed by atoms with Crippen molar-refractivity contribution in [3.8, 4) is 5.88 Å². The first-order valence-corrected chi connectivity index (χ1v) is 16.4. The number of imidazole rings is 1. The number of imide groups is 1. The molecule has 0 aliphatic carbocycles. The molecule has 0 bridgehead atoms. The highest BCUT2D eigenvalue weighted by Crippen LogP contribution is 2.57. The molecule has 18 nitrogen and oxygen atoms in total. The molecule has 0 radical (unpaired) electrons. The summed E-state index contributed by atoms with van der Waals surface area (Å²) < 4.78 is 37.4. The minimum atomic E-state index is -4.04. The second-order valence-electron chi connectivity index (χ2n) is 10.2. The van der Waals surface area contributed by atoms with Gasteiger partial charge in [0.1, 0.15) is 30.4 Å². The third-order valence-corrected chi connectivity index (χ3v) is 10.8. The first-order chi connectivity index (χ1) is 20.2. The molecular formula is C23H35N8O10PS. The number of likely N-dealkylation sites (N-methyl/N-ethyl adjacent to an activating group) is 2. The lowest BCUT2D eigenvalue weighted by Crippen LogP contribution is -2.37. The van der Waals surface area contributed by atoms with E-state index in [2.05, 4.69) is 20.0 Å². The van der Waals surface area contributed by atoms with Crippen LogP contribution in [0.4, 0.5) is 10.7 Å². The molecule has 4 rings (SSSR count). The number of nitrogens with one attached hydrogen (secondary N) is 1. The van der Waals surface area contributed by atoms with E-state index in [4.69, 9.17) is 24.5 Å². The summed E-state index contributed by atoms with van der Waals surface area (Å²) in [5, 5.41) is 24.3. The Morgan fingerprint density at radius 3 is 2.53 bits per heavy atom. The van der Waals surface area contributed by atoms with Crippen LogP contribution in [0.1, 0.15) is 27.0 Å². The van der Waals surface area contributed by atoms with Crippen LogP contribution in [-0.2, 0) is 28.2 Å². The molecule has 20 heteroatoms. The van der Waals surface area contributed by atoms with Gasteiger partial charge in [-0.2, -0.15) is 9.97 Å². The summed E-state index contributed by atoms with van der Waals surface area (Å²) in [5.41, 5.74) is 6.18. The fraction of sp³-hybridized carbons (Fsp3) is 0.652. The van der Waals surface area contributed by atoms with Crippen molar-refractivity contribution in [3.05, 3.63) is 6.33 Å². The summed E-state index contributed by atoms with van der Waals surface area (Å²) >= 11 is 0.702. The van der Waals surface area contributed by atoms with Gasteiger partial charge in [0.2, 0.25) is 11.8 Å². The lowest BCUT2D eigenvalue weighted by atomic mass is 10.1. The summed E-state index contributed by atoms with van der Waals surface area (Å²) in [6.45, 7) is 0.201. The smallest absolute Gasteiger partial charge is 0.327 e. The van der Waals surface area contributed by atoms with Crippen LogP contribution < -0.4 is 15.6 Å². The zero-order valence-electron chi connectivity index (χ0n) is 24.3. The predicted octanol–water partition coefficient (Wildman–Crippen LogP) is -0.284. The van der Waals surface area contributed by atoms with E-state index in [-0.39, 0.29) is 28.7 Å². The molecular weight excluding hydrogens is 611 g/mol. The van der Waals surface area contributed by atoms with Crippen LogP contribution >= 0.6 is 18.1 Å². The lowest BCUT2D eigenvalue weighted by Gasteiger charge is -2.26. The van der Waals surface area contributed by atoms with Gasteiger partial charge >= 0.3 is 18.7 Å². The maximum Gasteiger partial charge on any atom is 0.327 e. The standard InChI is InChI=1S/C23H35N8O10PS/c1-10(2)40-21(35)11(3)28-42(37,43-8-12-19(34)30(5)23(36)29(12)4)39-7-13-15(32)16(33)20(41-13)31-9-25-14-17(31)26-22(24)27-18(14)38-6/h9-13,15-16,20,32-33H,7-8H2,1-6H3,(H,28,37)(H2,24,26,27)/t11-,12?,13-,15-,16-,20-,42-/m1/s1. The van der Waals surface area contributed by atoms with E-state index in [0.29, 0.717) is 11.4 Å². The van der Waals surface area contributed by atoms with Gasteiger partial charge in [0.15, 0.2) is 17.4 Å². The Balaban J connectivity index is 1.51. The zero-order valence-corrected chi connectivity index (χ0v) is 26.0. The summed E-state index contributed by atoms with van der Waals surface area (Å²) in [4.78, 5) is 51.7. The van der Waals surface area contributed by atoms with Gasteiger partial charge in [-0.3, -0.25) is 23.6 Å². The van der Waals surface area contributed by atoms with Gasteiger partial charge in [-0.1, -0.05) is 11.4 Å². The number of hydrogen-bond donors (Lipinski definition) is 4. The third-order valence-electron chi connectivity index (χ3n) is 6.75. The van der Waals surface area contributed by atoms with Crippen molar-refractivity contribution in [3.63, 3.8) is 0 Å².